The first-order chi connectivity index (χ1) is 13.5. The van der Waals surface area contributed by atoms with Crippen molar-refractivity contribution in [3.8, 4) is 0 Å². The van der Waals surface area contributed by atoms with Crippen molar-refractivity contribution in [1.82, 2.24) is 15.5 Å². The molecule has 164 valence electrons. The average Bonchev–Trinajstić information content (AvgIpc) is 2.70. The summed E-state index contributed by atoms with van der Waals surface area (Å²) in [6.45, 7) is 4.92. The van der Waals surface area contributed by atoms with Crippen LogP contribution in [0.5, 0.6) is 0 Å². The van der Waals surface area contributed by atoms with E-state index in [1.165, 1.54) is 11.1 Å². The summed E-state index contributed by atoms with van der Waals surface area (Å²) in [6, 6.07) is 8.56. The molecule has 0 bridgehead atoms. The van der Waals surface area contributed by atoms with Crippen LogP contribution in [0.15, 0.2) is 29.3 Å². The molecule has 1 aliphatic rings. The minimum absolute atomic E-state index is 0. The molecule has 0 spiro atoms. The monoisotopic (exact) mass is 518 g/mol. The van der Waals surface area contributed by atoms with E-state index >= 15 is 0 Å². The van der Waals surface area contributed by atoms with Crippen LogP contribution in [0.25, 0.3) is 0 Å². The summed E-state index contributed by atoms with van der Waals surface area (Å²) in [5.74, 6) is 0.933. The quantitative estimate of drug-likeness (QED) is 0.239. The van der Waals surface area contributed by atoms with Gasteiger partial charge in [0.05, 0.1) is 12.7 Å². The first kappa shape index (κ1) is 25.6. The number of aryl methyl sites for hydroxylation is 1. The molecule has 1 saturated heterocycles. The van der Waals surface area contributed by atoms with Gasteiger partial charge in [-0.25, -0.2) is 4.99 Å². The number of halogens is 1. The molecule has 0 aliphatic carbocycles. The molecule has 0 aromatic heterocycles. The maximum atomic E-state index is 11.9. The number of likely N-dealkylation sites (N-methyl/N-ethyl adjacent to an activating group) is 1. The highest BCUT2D eigenvalue weighted by molar-refractivity contribution is 14.0. The lowest BCUT2D eigenvalue weighted by atomic mass is 9.89. The zero-order chi connectivity index (χ0) is 20.4. The normalized spacial score (nSPS) is 19.2. The van der Waals surface area contributed by atoms with Gasteiger partial charge in [-0.05, 0) is 25.3 Å². The number of ether oxygens (including phenoxy) is 2. The van der Waals surface area contributed by atoms with Gasteiger partial charge in [0.25, 0.3) is 0 Å². The molecule has 1 aromatic rings. The summed E-state index contributed by atoms with van der Waals surface area (Å²) < 4.78 is 11.2. The molecule has 1 fully saturated rings. The van der Waals surface area contributed by atoms with E-state index in [0.29, 0.717) is 25.0 Å². The standard InChI is InChI=1S/C21H34N4O3.HI/c1-16-7-9-17(10-8-16)20-18(6-5-12-28-20)14-23-21(22-11-13-27-4)24-15-19(26)25(2)3;/h7-10,18,20H,5-6,11-15H2,1-4H3,(H2,22,23,24);1H. The number of rotatable bonds is 8. The molecule has 1 aromatic carbocycles. The Morgan fingerprint density at radius 1 is 1.28 bits per heavy atom. The summed E-state index contributed by atoms with van der Waals surface area (Å²) in [5.41, 5.74) is 2.46. The van der Waals surface area contributed by atoms with Gasteiger partial charge >= 0.3 is 0 Å². The number of methoxy groups -OCH3 is 1. The molecule has 29 heavy (non-hydrogen) atoms. The van der Waals surface area contributed by atoms with E-state index in [1.807, 2.05) is 0 Å². The minimum Gasteiger partial charge on any atom is -0.383 e. The van der Waals surface area contributed by atoms with Crippen LogP contribution >= 0.6 is 24.0 Å². The van der Waals surface area contributed by atoms with Gasteiger partial charge in [-0.3, -0.25) is 4.79 Å². The van der Waals surface area contributed by atoms with Crippen molar-refractivity contribution in [3.63, 3.8) is 0 Å². The van der Waals surface area contributed by atoms with Crippen molar-refractivity contribution in [2.45, 2.75) is 25.9 Å². The number of carbonyl (C=O) groups excluding carboxylic acids is 1. The van der Waals surface area contributed by atoms with E-state index in [4.69, 9.17) is 9.47 Å². The second-order valence-corrected chi connectivity index (χ2v) is 7.36. The van der Waals surface area contributed by atoms with E-state index in [0.717, 1.165) is 26.0 Å². The lowest BCUT2D eigenvalue weighted by Crippen LogP contribution is -2.43. The topological polar surface area (TPSA) is 75.2 Å². The lowest BCUT2D eigenvalue weighted by molar-refractivity contribution is -0.127. The van der Waals surface area contributed by atoms with Gasteiger partial charge in [-0.2, -0.15) is 0 Å². The van der Waals surface area contributed by atoms with Crippen molar-refractivity contribution < 1.29 is 14.3 Å². The number of hydrogen-bond acceptors (Lipinski definition) is 4. The Labute approximate surface area is 191 Å². The molecule has 7 nitrogen and oxygen atoms in total. The Morgan fingerprint density at radius 2 is 2.00 bits per heavy atom. The third-order valence-corrected chi connectivity index (χ3v) is 4.85. The number of aliphatic imine (C=N–C) groups is 1. The van der Waals surface area contributed by atoms with Crippen molar-refractivity contribution in [3.05, 3.63) is 35.4 Å². The number of nitrogens with one attached hydrogen (secondary N) is 2. The Kier molecular flexibility index (Phi) is 12.2. The summed E-state index contributed by atoms with van der Waals surface area (Å²) >= 11 is 0. The first-order valence-electron chi connectivity index (χ1n) is 9.90. The number of amides is 1. The van der Waals surface area contributed by atoms with Gasteiger partial charge in [0, 0.05) is 46.8 Å². The number of hydrogen-bond donors (Lipinski definition) is 2. The third kappa shape index (κ3) is 8.88. The molecule has 2 N–H and O–H groups in total. The van der Waals surface area contributed by atoms with Crippen LogP contribution in [0.1, 0.15) is 30.1 Å². The molecule has 1 heterocycles. The zero-order valence-corrected chi connectivity index (χ0v) is 20.3. The maximum Gasteiger partial charge on any atom is 0.243 e. The van der Waals surface area contributed by atoms with Crippen LogP contribution in [-0.2, 0) is 14.3 Å². The molecule has 2 unspecified atom stereocenters. The first-order valence-corrected chi connectivity index (χ1v) is 9.90. The van der Waals surface area contributed by atoms with Gasteiger partial charge < -0.3 is 25.0 Å². The molecule has 0 saturated carbocycles. The highest BCUT2D eigenvalue weighted by atomic mass is 127. The summed E-state index contributed by atoms with van der Waals surface area (Å²) in [6.07, 6.45) is 2.22. The summed E-state index contributed by atoms with van der Waals surface area (Å²) in [4.78, 5) is 17.8. The Bertz CT molecular complexity index is 637. The van der Waals surface area contributed by atoms with Crippen LogP contribution in [0, 0.1) is 12.8 Å². The fraction of sp³-hybridized carbons (Fsp3) is 0.619. The minimum atomic E-state index is -0.0358. The number of benzene rings is 1. The lowest BCUT2D eigenvalue weighted by Gasteiger charge is -2.32. The largest absolute Gasteiger partial charge is 0.383 e. The number of carbonyl (C=O) groups is 1. The van der Waals surface area contributed by atoms with E-state index in [1.54, 1.807) is 26.1 Å². The van der Waals surface area contributed by atoms with Crippen LogP contribution in [-0.4, -0.2) is 70.8 Å². The van der Waals surface area contributed by atoms with Gasteiger partial charge in [0.15, 0.2) is 5.96 Å². The highest BCUT2D eigenvalue weighted by Crippen LogP contribution is 2.33. The SMILES string of the molecule is COCCNC(=NCC(=O)N(C)C)NCC1CCCOC1c1ccc(C)cc1.I. The van der Waals surface area contributed by atoms with Crippen molar-refractivity contribution in [2.75, 3.05) is 54.1 Å². The molecule has 2 atom stereocenters. The van der Waals surface area contributed by atoms with Gasteiger partial charge in [0.1, 0.15) is 6.54 Å². The van der Waals surface area contributed by atoms with Crippen LogP contribution in [0.4, 0.5) is 0 Å². The van der Waals surface area contributed by atoms with Crippen molar-refractivity contribution in [1.29, 1.82) is 0 Å². The zero-order valence-electron chi connectivity index (χ0n) is 17.9. The Balaban J connectivity index is 0.00000420. The number of guanidine groups is 1. The highest BCUT2D eigenvalue weighted by Gasteiger charge is 2.27. The van der Waals surface area contributed by atoms with E-state index in [9.17, 15) is 4.79 Å². The Hall–Kier alpha value is -1.39. The van der Waals surface area contributed by atoms with E-state index < -0.39 is 0 Å². The predicted molar refractivity (Wildman–Crippen MR) is 127 cm³/mol. The molecule has 0 radical (unpaired) electrons. The fourth-order valence-corrected chi connectivity index (χ4v) is 3.14. The van der Waals surface area contributed by atoms with Crippen LogP contribution < -0.4 is 10.6 Å². The predicted octanol–water partition coefficient (Wildman–Crippen LogP) is 2.35. The molecule has 1 amide bonds. The fourth-order valence-electron chi connectivity index (χ4n) is 3.14. The second kappa shape index (κ2) is 13.8. The summed E-state index contributed by atoms with van der Waals surface area (Å²) in [7, 11) is 5.12. The third-order valence-electron chi connectivity index (χ3n) is 4.85. The summed E-state index contributed by atoms with van der Waals surface area (Å²) in [5, 5.41) is 6.61. The van der Waals surface area contributed by atoms with Gasteiger partial charge in [-0.15, -0.1) is 24.0 Å². The molecular formula is C21H35IN4O3. The average molecular weight is 518 g/mol. The molecule has 1 aliphatic heterocycles. The van der Waals surface area contributed by atoms with Gasteiger partial charge in [-0.1, -0.05) is 29.8 Å². The molecular weight excluding hydrogens is 483 g/mol. The Morgan fingerprint density at radius 3 is 2.66 bits per heavy atom. The molecule has 8 heteroatoms. The van der Waals surface area contributed by atoms with Crippen molar-refractivity contribution >= 4 is 35.8 Å². The second-order valence-electron chi connectivity index (χ2n) is 7.36. The number of nitrogens with zero attached hydrogens (tertiary/aromatic N) is 2. The van der Waals surface area contributed by atoms with E-state index in [-0.39, 0.29) is 42.5 Å². The van der Waals surface area contributed by atoms with E-state index in [2.05, 4.69) is 46.8 Å². The van der Waals surface area contributed by atoms with Crippen LogP contribution in [0.3, 0.4) is 0 Å². The smallest absolute Gasteiger partial charge is 0.243 e. The molecule has 2 rings (SSSR count). The van der Waals surface area contributed by atoms with Crippen LogP contribution in [0.2, 0.25) is 0 Å². The van der Waals surface area contributed by atoms with Crippen molar-refractivity contribution in [2.24, 2.45) is 10.9 Å². The van der Waals surface area contributed by atoms with Gasteiger partial charge in [0.2, 0.25) is 5.91 Å². The maximum absolute atomic E-state index is 11.9.